The maximum absolute atomic E-state index is 12.7. The van der Waals surface area contributed by atoms with Gasteiger partial charge in [0.1, 0.15) is 5.52 Å². The van der Waals surface area contributed by atoms with Gasteiger partial charge in [-0.25, -0.2) is 4.79 Å². The fourth-order valence-corrected chi connectivity index (χ4v) is 4.24. The molecule has 3 aromatic heterocycles. The first-order chi connectivity index (χ1) is 14.5. The molecule has 5 rings (SSSR count). The van der Waals surface area contributed by atoms with Crippen LogP contribution in [0.15, 0.2) is 53.5 Å². The molecule has 2 aromatic carbocycles. The Morgan fingerprint density at radius 1 is 1.10 bits per heavy atom. The molecule has 0 bridgehead atoms. The Bertz CT molecular complexity index is 1500. The van der Waals surface area contributed by atoms with Crippen LogP contribution >= 0.6 is 0 Å². The number of nitrogens with zero attached hydrogens (tertiary/aromatic N) is 2. The maximum atomic E-state index is 12.7. The molecule has 0 radical (unpaired) electrons. The van der Waals surface area contributed by atoms with Crippen molar-refractivity contribution in [1.29, 1.82) is 0 Å². The Labute approximate surface area is 171 Å². The van der Waals surface area contributed by atoms with Crippen molar-refractivity contribution in [3.8, 4) is 0 Å². The number of aromatic nitrogens is 3. The highest BCUT2D eigenvalue weighted by molar-refractivity contribution is 6.19. The molecule has 0 aliphatic heterocycles. The van der Waals surface area contributed by atoms with Crippen molar-refractivity contribution >= 4 is 50.1 Å². The van der Waals surface area contributed by atoms with Crippen LogP contribution in [0.25, 0.3) is 38.4 Å². The van der Waals surface area contributed by atoms with Crippen LogP contribution in [0.5, 0.6) is 0 Å². The number of ether oxygens (including phenoxy) is 1. The molecule has 0 fully saturated rings. The van der Waals surface area contributed by atoms with Crippen LogP contribution in [0, 0.1) is 0 Å². The first-order valence-electron chi connectivity index (χ1n) is 10.0. The molecular formula is C23H22N4O3. The van der Waals surface area contributed by atoms with Gasteiger partial charge in [-0.3, -0.25) is 10.1 Å². The summed E-state index contributed by atoms with van der Waals surface area (Å²) in [7, 11) is 0. The first kappa shape index (κ1) is 18.3. The van der Waals surface area contributed by atoms with Crippen LogP contribution < -0.4 is 10.9 Å². The molecule has 0 aliphatic rings. The quantitative estimate of drug-likeness (QED) is 0.452. The van der Waals surface area contributed by atoms with Gasteiger partial charge in [-0.2, -0.15) is 0 Å². The molecule has 0 saturated carbocycles. The summed E-state index contributed by atoms with van der Waals surface area (Å²) >= 11 is 0. The monoisotopic (exact) mass is 402 g/mol. The third-order valence-electron chi connectivity index (χ3n) is 5.39. The van der Waals surface area contributed by atoms with Gasteiger partial charge >= 0.3 is 6.09 Å². The van der Waals surface area contributed by atoms with E-state index in [0.717, 1.165) is 39.4 Å². The number of fused-ring (bicyclic) bond motifs is 7. The number of aryl methyl sites for hydroxylation is 1. The summed E-state index contributed by atoms with van der Waals surface area (Å²) in [6, 6.07) is 13.6. The normalized spacial score (nSPS) is 11.9. The number of hydrogen-bond acceptors (Lipinski definition) is 3. The van der Waals surface area contributed by atoms with Gasteiger partial charge in [0.25, 0.3) is 5.56 Å². The summed E-state index contributed by atoms with van der Waals surface area (Å²) < 4.78 is 9.31. The molecule has 0 saturated heterocycles. The van der Waals surface area contributed by atoms with Gasteiger partial charge in [0, 0.05) is 34.7 Å². The lowest BCUT2D eigenvalue weighted by molar-refractivity contribution is 0.130. The predicted molar refractivity (Wildman–Crippen MR) is 119 cm³/mol. The molecule has 0 atom stereocenters. The molecule has 3 heterocycles. The number of rotatable bonds is 3. The van der Waals surface area contributed by atoms with Gasteiger partial charge in [-0.15, -0.1) is 0 Å². The summed E-state index contributed by atoms with van der Waals surface area (Å²) in [6.07, 6.45) is 1.21. The van der Waals surface area contributed by atoms with Gasteiger partial charge < -0.3 is 18.7 Å². The second-order valence-corrected chi connectivity index (χ2v) is 7.63. The van der Waals surface area contributed by atoms with Crippen molar-refractivity contribution in [2.75, 3.05) is 5.32 Å². The second-order valence-electron chi connectivity index (χ2n) is 7.63. The SMILES string of the molecule is CCn1c2ccc(NC(=O)OC(C)C)cc2c2c3[nH]c(=O)c4cccn4c3ccc21. The van der Waals surface area contributed by atoms with E-state index in [1.807, 2.05) is 54.8 Å². The number of benzene rings is 2. The fraction of sp³-hybridized carbons (Fsp3) is 0.217. The van der Waals surface area contributed by atoms with E-state index in [-0.39, 0.29) is 11.7 Å². The van der Waals surface area contributed by atoms with Crippen LogP contribution in [0.1, 0.15) is 20.8 Å². The van der Waals surface area contributed by atoms with Gasteiger partial charge in [0.2, 0.25) is 0 Å². The number of carbonyl (C=O) groups excluding carboxylic acids is 1. The van der Waals surface area contributed by atoms with E-state index in [0.29, 0.717) is 11.2 Å². The minimum Gasteiger partial charge on any atom is -0.447 e. The summed E-state index contributed by atoms with van der Waals surface area (Å²) in [5, 5.41) is 4.71. The molecular weight excluding hydrogens is 380 g/mol. The van der Waals surface area contributed by atoms with Gasteiger partial charge in [0.05, 0.1) is 22.7 Å². The lowest BCUT2D eigenvalue weighted by Crippen LogP contribution is -2.17. The van der Waals surface area contributed by atoms with Crippen LogP contribution in [0.4, 0.5) is 10.5 Å². The van der Waals surface area contributed by atoms with Gasteiger partial charge in [0.15, 0.2) is 0 Å². The topological polar surface area (TPSA) is 80.5 Å². The summed E-state index contributed by atoms with van der Waals surface area (Å²) in [5.41, 5.74) is 4.90. The number of amides is 1. The molecule has 0 spiro atoms. The number of aromatic amines is 1. The van der Waals surface area contributed by atoms with Crippen molar-refractivity contribution in [3.63, 3.8) is 0 Å². The Hall–Kier alpha value is -3.74. The zero-order chi connectivity index (χ0) is 21.0. The van der Waals surface area contributed by atoms with Gasteiger partial charge in [-0.1, -0.05) is 0 Å². The van der Waals surface area contributed by atoms with E-state index in [2.05, 4.69) is 27.9 Å². The summed E-state index contributed by atoms with van der Waals surface area (Å²) in [6.45, 7) is 6.49. The fourth-order valence-electron chi connectivity index (χ4n) is 4.24. The largest absolute Gasteiger partial charge is 0.447 e. The van der Waals surface area contributed by atoms with Crippen LogP contribution in [-0.2, 0) is 11.3 Å². The van der Waals surface area contributed by atoms with E-state index in [4.69, 9.17) is 4.74 Å². The molecule has 30 heavy (non-hydrogen) atoms. The van der Waals surface area contributed by atoms with Crippen molar-refractivity contribution in [1.82, 2.24) is 14.0 Å². The Kier molecular flexibility index (Phi) is 4.06. The van der Waals surface area contributed by atoms with E-state index >= 15 is 0 Å². The minimum atomic E-state index is -0.490. The minimum absolute atomic E-state index is 0.132. The third kappa shape index (κ3) is 2.66. The summed E-state index contributed by atoms with van der Waals surface area (Å²) in [4.78, 5) is 27.8. The highest BCUT2D eigenvalue weighted by Gasteiger charge is 2.16. The molecule has 1 amide bonds. The van der Waals surface area contributed by atoms with E-state index in [9.17, 15) is 9.59 Å². The average Bonchev–Trinajstić information content (AvgIpc) is 3.30. The lowest BCUT2D eigenvalue weighted by atomic mass is 10.1. The van der Waals surface area contributed by atoms with Crippen molar-refractivity contribution in [3.05, 3.63) is 59.0 Å². The number of hydrogen-bond donors (Lipinski definition) is 2. The Morgan fingerprint density at radius 3 is 2.63 bits per heavy atom. The molecule has 7 nitrogen and oxygen atoms in total. The van der Waals surface area contributed by atoms with E-state index in [1.165, 1.54) is 0 Å². The first-order valence-corrected chi connectivity index (χ1v) is 10.0. The van der Waals surface area contributed by atoms with E-state index < -0.39 is 6.09 Å². The van der Waals surface area contributed by atoms with Gasteiger partial charge in [-0.05, 0) is 63.2 Å². The zero-order valence-electron chi connectivity index (χ0n) is 17.0. The van der Waals surface area contributed by atoms with E-state index in [1.54, 1.807) is 6.07 Å². The summed E-state index contributed by atoms with van der Waals surface area (Å²) in [5.74, 6) is 0. The van der Waals surface area contributed by atoms with Crippen molar-refractivity contribution < 1.29 is 9.53 Å². The number of nitrogens with one attached hydrogen (secondary N) is 2. The third-order valence-corrected chi connectivity index (χ3v) is 5.39. The van der Waals surface area contributed by atoms with Crippen LogP contribution in [-0.4, -0.2) is 26.1 Å². The van der Waals surface area contributed by atoms with Crippen LogP contribution in [0.3, 0.4) is 0 Å². The molecule has 2 N–H and O–H groups in total. The smallest absolute Gasteiger partial charge is 0.411 e. The molecule has 5 aromatic rings. The molecule has 7 heteroatoms. The highest BCUT2D eigenvalue weighted by atomic mass is 16.6. The maximum Gasteiger partial charge on any atom is 0.411 e. The standard InChI is InChI=1S/C23H22N4O3/c1-4-26-16-8-7-14(24-23(29)30-13(2)3)12-15(16)20-17(26)9-10-18-21(20)25-22(28)19-6-5-11-27(18)19/h5-13H,4H2,1-3H3,(H,24,29)(H,25,28). The Balaban J connectivity index is 1.83. The Morgan fingerprint density at radius 2 is 1.87 bits per heavy atom. The van der Waals surface area contributed by atoms with Crippen molar-refractivity contribution in [2.24, 2.45) is 0 Å². The van der Waals surface area contributed by atoms with Crippen molar-refractivity contribution in [2.45, 2.75) is 33.4 Å². The zero-order valence-corrected chi connectivity index (χ0v) is 17.0. The second kappa shape index (κ2) is 6.66. The molecule has 152 valence electrons. The lowest BCUT2D eigenvalue weighted by Gasteiger charge is -2.10. The predicted octanol–water partition coefficient (Wildman–Crippen LogP) is 4.87. The molecule has 0 unspecified atom stereocenters. The highest BCUT2D eigenvalue weighted by Crippen LogP contribution is 2.35. The molecule has 0 aliphatic carbocycles. The average molecular weight is 402 g/mol. The number of carbonyl (C=O) groups is 1. The van der Waals surface area contributed by atoms with Crippen LogP contribution in [0.2, 0.25) is 0 Å². The number of H-pyrrole nitrogens is 1. The number of anilines is 1.